The summed E-state index contributed by atoms with van der Waals surface area (Å²) < 4.78 is 65.2. The van der Waals surface area contributed by atoms with Crippen molar-refractivity contribution in [3.05, 3.63) is 57.9 Å². The first-order chi connectivity index (χ1) is 13.8. The smallest absolute Gasteiger partial charge is 0.310 e. The van der Waals surface area contributed by atoms with Gasteiger partial charge in [0, 0.05) is 22.5 Å². The van der Waals surface area contributed by atoms with E-state index < -0.39 is 27.3 Å². The van der Waals surface area contributed by atoms with Crippen LogP contribution in [-0.2, 0) is 6.42 Å². The minimum Gasteiger partial charge on any atom is -0.388 e. The molecule has 1 heterocycles. The molecule has 9 heteroatoms. The van der Waals surface area contributed by atoms with E-state index in [1.54, 1.807) is 6.92 Å². The van der Waals surface area contributed by atoms with Crippen LogP contribution in [0.5, 0.6) is 0 Å². The third-order valence-electron chi connectivity index (χ3n) is 5.84. The molecular weight excluding hydrogens is 437 g/mol. The van der Waals surface area contributed by atoms with Gasteiger partial charge in [-0.2, -0.15) is 0 Å². The van der Waals surface area contributed by atoms with Gasteiger partial charge in [-0.1, -0.05) is 59.3 Å². The number of hydrogen-bond acceptors (Lipinski definition) is 3. The molecule has 1 unspecified atom stereocenters. The highest BCUT2D eigenvalue weighted by Gasteiger charge is 2.65. The van der Waals surface area contributed by atoms with Gasteiger partial charge in [-0.15, -0.1) is 0 Å². The molecule has 0 spiro atoms. The molecule has 2 atom stereocenters. The molecule has 1 aromatic heterocycles. The summed E-state index contributed by atoms with van der Waals surface area (Å²) >= 11 is 0. The number of benzene rings is 1. The molecule has 0 saturated carbocycles. The first kappa shape index (κ1) is 23.9. The Morgan fingerprint density at radius 2 is 1.61 bits per heavy atom. The molecule has 1 aliphatic carbocycles. The molecular formula is C22H28F5NO2S. The molecule has 0 radical (unpaired) electrons. The van der Waals surface area contributed by atoms with Crippen LogP contribution in [-0.4, -0.2) is 15.2 Å². The fourth-order valence-corrected chi connectivity index (χ4v) is 5.06. The van der Waals surface area contributed by atoms with Gasteiger partial charge < -0.3 is 10.2 Å². The zero-order chi connectivity index (χ0) is 23.6. The van der Waals surface area contributed by atoms with Crippen molar-refractivity contribution < 1.29 is 29.6 Å². The van der Waals surface area contributed by atoms with Crippen molar-refractivity contribution in [3.63, 3.8) is 0 Å². The maximum Gasteiger partial charge on any atom is 0.310 e. The van der Waals surface area contributed by atoms with Gasteiger partial charge in [0.05, 0.1) is 6.10 Å². The van der Waals surface area contributed by atoms with E-state index in [2.05, 4.69) is 0 Å². The van der Waals surface area contributed by atoms with E-state index in [4.69, 9.17) is 4.98 Å². The largest absolute Gasteiger partial charge is 0.388 e. The lowest BCUT2D eigenvalue weighted by atomic mass is 9.72. The monoisotopic (exact) mass is 465 g/mol. The predicted octanol–water partition coefficient (Wildman–Crippen LogP) is 7.26. The Morgan fingerprint density at radius 3 is 2.10 bits per heavy atom. The molecule has 3 nitrogen and oxygen atoms in total. The van der Waals surface area contributed by atoms with Crippen molar-refractivity contribution >= 4 is 10.2 Å². The molecule has 0 fully saturated rings. The van der Waals surface area contributed by atoms with Gasteiger partial charge in [-0.3, -0.25) is 4.98 Å². The summed E-state index contributed by atoms with van der Waals surface area (Å²) in [5.41, 5.74) is 2.86. The standard InChI is InChI=1S/C22H28F5NO2S/c1-12(2)20-19(13(3)18-16(28-20)10-22(4,5)11-17(18)29)21(30)14-6-8-15(9-7-14)31(23,24,25,26)27/h6-9,12,17,21,29-30H,10-11H2,1-5H3/t17?,21-/m0/s1. The fraction of sp³-hybridized carbons (Fsp3) is 0.500. The first-order valence-corrected chi connectivity index (χ1v) is 12.0. The van der Waals surface area contributed by atoms with Gasteiger partial charge in [-0.05, 0) is 54.4 Å². The van der Waals surface area contributed by atoms with E-state index >= 15 is 0 Å². The van der Waals surface area contributed by atoms with Crippen LogP contribution in [0.4, 0.5) is 19.4 Å². The van der Waals surface area contributed by atoms with E-state index in [-0.39, 0.29) is 16.9 Å². The second-order valence-corrected chi connectivity index (χ2v) is 12.0. The molecule has 174 valence electrons. The van der Waals surface area contributed by atoms with Gasteiger partial charge in [0.25, 0.3) is 0 Å². The third-order valence-corrected chi connectivity index (χ3v) is 7.00. The molecule has 0 amide bonds. The van der Waals surface area contributed by atoms with Crippen LogP contribution in [0, 0.1) is 12.3 Å². The Morgan fingerprint density at radius 1 is 1.06 bits per heavy atom. The molecule has 1 aromatic carbocycles. The highest BCUT2D eigenvalue weighted by atomic mass is 32.5. The van der Waals surface area contributed by atoms with Crippen LogP contribution in [0.3, 0.4) is 0 Å². The number of hydrogen-bond donors (Lipinski definition) is 2. The molecule has 0 aliphatic heterocycles. The Labute approximate surface area is 179 Å². The van der Waals surface area contributed by atoms with Gasteiger partial charge >= 0.3 is 10.2 Å². The minimum absolute atomic E-state index is 0.0444. The molecule has 3 rings (SSSR count). The third kappa shape index (κ3) is 4.73. The fourth-order valence-electron chi connectivity index (χ4n) is 4.41. The van der Waals surface area contributed by atoms with Crippen molar-refractivity contribution in [2.75, 3.05) is 0 Å². The van der Waals surface area contributed by atoms with Crippen molar-refractivity contribution in [2.24, 2.45) is 5.41 Å². The summed E-state index contributed by atoms with van der Waals surface area (Å²) in [5, 5.41) is 21.8. The van der Waals surface area contributed by atoms with Crippen molar-refractivity contribution in [3.8, 4) is 0 Å². The summed E-state index contributed by atoms with van der Waals surface area (Å²) in [5.74, 6) is -0.111. The van der Waals surface area contributed by atoms with E-state index in [1.165, 1.54) is 0 Å². The van der Waals surface area contributed by atoms with Gasteiger partial charge in [0.1, 0.15) is 11.0 Å². The number of aliphatic hydroxyl groups excluding tert-OH is 2. The highest BCUT2D eigenvalue weighted by molar-refractivity contribution is 8.45. The van der Waals surface area contributed by atoms with E-state index in [0.717, 1.165) is 17.8 Å². The van der Waals surface area contributed by atoms with E-state index in [9.17, 15) is 29.6 Å². The van der Waals surface area contributed by atoms with Crippen molar-refractivity contribution in [1.82, 2.24) is 4.98 Å². The zero-order valence-electron chi connectivity index (χ0n) is 18.1. The molecule has 0 saturated heterocycles. The Balaban J connectivity index is 2.14. The Hall–Kier alpha value is -1.71. The normalized spacial score (nSPS) is 21.9. The highest BCUT2D eigenvalue weighted by Crippen LogP contribution is 3.02. The van der Waals surface area contributed by atoms with E-state index in [1.807, 2.05) is 27.7 Å². The molecule has 1 aliphatic rings. The van der Waals surface area contributed by atoms with Crippen LogP contribution in [0.2, 0.25) is 0 Å². The Kier molecular flexibility index (Phi) is 5.14. The topological polar surface area (TPSA) is 53.4 Å². The summed E-state index contributed by atoms with van der Waals surface area (Å²) in [4.78, 5) is 2.73. The number of aliphatic hydroxyl groups is 2. The zero-order valence-corrected chi connectivity index (χ0v) is 18.9. The molecule has 2 aromatic rings. The van der Waals surface area contributed by atoms with Gasteiger partial charge in [-0.25, -0.2) is 0 Å². The maximum absolute atomic E-state index is 13.0. The molecule has 0 bridgehead atoms. The van der Waals surface area contributed by atoms with Gasteiger partial charge in [0.2, 0.25) is 0 Å². The number of nitrogens with zero attached hydrogens (tertiary/aromatic N) is 1. The lowest BCUT2D eigenvalue weighted by Crippen LogP contribution is -2.29. The summed E-state index contributed by atoms with van der Waals surface area (Å²) in [6.07, 6.45) is -0.995. The number of halogens is 5. The Bertz CT molecular complexity index is 1020. The van der Waals surface area contributed by atoms with Crippen LogP contribution in [0.1, 0.15) is 85.9 Å². The number of rotatable bonds is 4. The lowest BCUT2D eigenvalue weighted by molar-refractivity contribution is 0.0968. The first-order valence-electron chi connectivity index (χ1n) is 10.0. The molecule has 31 heavy (non-hydrogen) atoms. The summed E-state index contributed by atoms with van der Waals surface area (Å²) in [6, 6.07) is 2.32. The number of aromatic nitrogens is 1. The van der Waals surface area contributed by atoms with Crippen molar-refractivity contribution in [2.45, 2.75) is 70.5 Å². The molecule has 2 N–H and O–H groups in total. The van der Waals surface area contributed by atoms with Gasteiger partial charge in [0.15, 0.2) is 0 Å². The lowest BCUT2D eigenvalue weighted by Gasteiger charge is -2.40. The maximum atomic E-state index is 13.0. The average Bonchev–Trinajstić information content (AvgIpc) is 2.57. The number of fused-ring (bicyclic) bond motifs is 1. The second kappa shape index (κ2) is 6.65. The van der Waals surface area contributed by atoms with E-state index in [0.29, 0.717) is 47.4 Å². The number of pyridine rings is 1. The van der Waals surface area contributed by atoms with Crippen molar-refractivity contribution in [1.29, 1.82) is 0 Å². The van der Waals surface area contributed by atoms with Crippen LogP contribution >= 0.6 is 10.2 Å². The quantitative estimate of drug-likeness (QED) is 0.467. The summed E-state index contributed by atoms with van der Waals surface area (Å²) in [7, 11) is -9.79. The second-order valence-electron chi connectivity index (χ2n) is 9.55. The average molecular weight is 466 g/mol. The van der Waals surface area contributed by atoms with Crippen LogP contribution in [0.15, 0.2) is 29.2 Å². The SMILES string of the molecule is Cc1c2c(nc(C(C)C)c1[C@@H](O)c1ccc(S(F)(F)(F)(F)F)cc1)CC(C)(C)CC2O. The summed E-state index contributed by atoms with van der Waals surface area (Å²) in [6.45, 7) is 9.58. The minimum atomic E-state index is -9.79. The predicted molar refractivity (Wildman–Crippen MR) is 112 cm³/mol. The van der Waals surface area contributed by atoms with Crippen LogP contribution in [0.25, 0.3) is 0 Å². The van der Waals surface area contributed by atoms with Crippen LogP contribution < -0.4 is 0 Å².